The molecule has 1 fully saturated rings. The molecule has 1 amide bonds. The number of thioether (sulfide) groups is 1. The maximum Gasteiger partial charge on any atom is 0.220 e. The van der Waals surface area contributed by atoms with Gasteiger partial charge in [-0.15, -0.1) is 0 Å². The summed E-state index contributed by atoms with van der Waals surface area (Å²) in [6.07, 6.45) is 3.05. The Morgan fingerprint density at radius 3 is 2.89 bits per heavy atom. The summed E-state index contributed by atoms with van der Waals surface area (Å²) in [5.41, 5.74) is 1.14. The van der Waals surface area contributed by atoms with Crippen LogP contribution in [0.2, 0.25) is 0 Å². The lowest BCUT2D eigenvalue weighted by atomic mass is 9.98. The zero-order valence-corrected chi connectivity index (χ0v) is 13.6. The lowest BCUT2D eigenvalue weighted by molar-refractivity contribution is -0.122. The number of benzene rings is 1. The largest absolute Gasteiger partial charge is 0.350 e. The molecule has 1 aromatic carbocycles. The fourth-order valence-corrected chi connectivity index (χ4v) is 3.99. The topological polar surface area (TPSA) is 29.1 Å². The van der Waals surface area contributed by atoms with Crippen LogP contribution in [0.5, 0.6) is 0 Å². The van der Waals surface area contributed by atoms with E-state index in [0.717, 1.165) is 10.0 Å². The van der Waals surface area contributed by atoms with Crippen molar-refractivity contribution in [1.29, 1.82) is 0 Å². The summed E-state index contributed by atoms with van der Waals surface area (Å²) in [7, 11) is 0. The molecular weight excluding hydrogens is 322 g/mol. The van der Waals surface area contributed by atoms with Crippen molar-refractivity contribution in [1.82, 2.24) is 5.32 Å². The third kappa shape index (κ3) is 4.84. The maximum absolute atomic E-state index is 12.1. The Balaban J connectivity index is 1.84. The van der Waals surface area contributed by atoms with Crippen LogP contribution in [0.4, 0.5) is 0 Å². The van der Waals surface area contributed by atoms with Gasteiger partial charge >= 0.3 is 0 Å². The van der Waals surface area contributed by atoms with Gasteiger partial charge < -0.3 is 5.32 Å². The zero-order valence-electron chi connectivity index (χ0n) is 11.2. The molecule has 0 spiro atoms. The molecule has 0 aliphatic carbocycles. The molecule has 0 radical (unpaired) electrons. The van der Waals surface area contributed by atoms with E-state index < -0.39 is 0 Å². The smallest absolute Gasteiger partial charge is 0.220 e. The first-order valence-electron chi connectivity index (χ1n) is 6.77. The minimum atomic E-state index is 0.0722. The highest BCUT2D eigenvalue weighted by atomic mass is 79.9. The van der Waals surface area contributed by atoms with Gasteiger partial charge in [-0.25, -0.2) is 0 Å². The Hall–Kier alpha value is -0.480. The van der Waals surface area contributed by atoms with E-state index in [1.54, 1.807) is 0 Å². The fourth-order valence-electron chi connectivity index (χ4n) is 2.37. The highest BCUT2D eigenvalue weighted by Gasteiger charge is 2.18. The van der Waals surface area contributed by atoms with Crippen LogP contribution in [0.15, 0.2) is 28.7 Å². The predicted molar refractivity (Wildman–Crippen MR) is 85.4 cm³/mol. The second-order valence-corrected chi connectivity index (χ2v) is 7.24. The van der Waals surface area contributed by atoms with Gasteiger partial charge in [0.15, 0.2) is 0 Å². The zero-order chi connectivity index (χ0) is 13.7. The van der Waals surface area contributed by atoms with E-state index in [0.29, 0.717) is 12.3 Å². The molecule has 2 rings (SSSR count). The summed E-state index contributed by atoms with van der Waals surface area (Å²) in [4.78, 5) is 12.1. The van der Waals surface area contributed by atoms with Crippen molar-refractivity contribution >= 4 is 33.6 Å². The van der Waals surface area contributed by atoms with Crippen LogP contribution in [-0.4, -0.2) is 17.4 Å². The van der Waals surface area contributed by atoms with Gasteiger partial charge in [0.05, 0.1) is 6.04 Å². The van der Waals surface area contributed by atoms with Gasteiger partial charge in [-0.05, 0) is 54.9 Å². The molecule has 0 saturated carbocycles. The van der Waals surface area contributed by atoms with Crippen molar-refractivity contribution in [3.63, 3.8) is 0 Å². The van der Waals surface area contributed by atoms with Crippen LogP contribution in [0.1, 0.15) is 37.8 Å². The van der Waals surface area contributed by atoms with E-state index in [1.807, 2.05) is 36.9 Å². The molecule has 1 aliphatic rings. The van der Waals surface area contributed by atoms with Crippen molar-refractivity contribution in [2.45, 2.75) is 32.2 Å². The van der Waals surface area contributed by atoms with Crippen LogP contribution in [-0.2, 0) is 4.79 Å². The molecular formula is C15H20BrNOS. The molecule has 1 atom stereocenters. The summed E-state index contributed by atoms with van der Waals surface area (Å²) < 4.78 is 1.05. The van der Waals surface area contributed by atoms with Gasteiger partial charge in [-0.3, -0.25) is 4.79 Å². The number of amides is 1. The molecule has 1 unspecified atom stereocenters. The second kappa shape index (κ2) is 7.34. The Kier molecular flexibility index (Phi) is 5.76. The first kappa shape index (κ1) is 14.9. The van der Waals surface area contributed by atoms with Crippen molar-refractivity contribution in [3.05, 3.63) is 34.3 Å². The Morgan fingerprint density at radius 2 is 2.21 bits per heavy atom. The molecule has 1 heterocycles. The Labute approximate surface area is 127 Å². The van der Waals surface area contributed by atoms with E-state index in [2.05, 4.69) is 27.3 Å². The normalized spacial score (nSPS) is 18.0. The molecule has 0 bridgehead atoms. The maximum atomic E-state index is 12.1. The molecule has 1 aliphatic heterocycles. The highest BCUT2D eigenvalue weighted by Crippen LogP contribution is 2.25. The standard InChI is InChI=1S/C15H20BrNOS/c1-11(13-3-2-4-14(16)10-13)17-15(18)9-12-5-7-19-8-6-12/h2-4,10-12H,5-9H2,1H3,(H,17,18). The van der Waals surface area contributed by atoms with Gasteiger partial charge in [0, 0.05) is 10.9 Å². The number of halogens is 1. The number of hydrogen-bond donors (Lipinski definition) is 1. The summed E-state index contributed by atoms with van der Waals surface area (Å²) in [6.45, 7) is 2.04. The van der Waals surface area contributed by atoms with Crippen molar-refractivity contribution in [3.8, 4) is 0 Å². The van der Waals surface area contributed by atoms with E-state index in [1.165, 1.54) is 24.3 Å². The fraction of sp³-hybridized carbons (Fsp3) is 0.533. The van der Waals surface area contributed by atoms with Crippen LogP contribution in [0.25, 0.3) is 0 Å². The van der Waals surface area contributed by atoms with Crippen LogP contribution < -0.4 is 5.32 Å². The molecule has 104 valence electrons. The van der Waals surface area contributed by atoms with Crippen LogP contribution in [0, 0.1) is 5.92 Å². The summed E-state index contributed by atoms with van der Waals surface area (Å²) in [5, 5.41) is 3.10. The van der Waals surface area contributed by atoms with Gasteiger partial charge in [0.25, 0.3) is 0 Å². The van der Waals surface area contributed by atoms with Crippen LogP contribution in [0.3, 0.4) is 0 Å². The number of nitrogens with one attached hydrogen (secondary N) is 1. The summed E-state index contributed by atoms with van der Waals surface area (Å²) in [6, 6.07) is 8.18. The highest BCUT2D eigenvalue weighted by molar-refractivity contribution is 9.10. The molecule has 1 saturated heterocycles. The number of hydrogen-bond acceptors (Lipinski definition) is 2. The van der Waals surface area contributed by atoms with Crippen molar-refractivity contribution in [2.24, 2.45) is 5.92 Å². The SMILES string of the molecule is CC(NC(=O)CC1CCSCC1)c1cccc(Br)c1. The average molecular weight is 342 g/mol. The predicted octanol–water partition coefficient (Wildman–Crippen LogP) is 4.16. The second-order valence-electron chi connectivity index (χ2n) is 5.10. The molecule has 4 heteroatoms. The summed E-state index contributed by atoms with van der Waals surface area (Å²) in [5.74, 6) is 3.18. The molecule has 0 aromatic heterocycles. The van der Waals surface area contributed by atoms with E-state index in [9.17, 15) is 4.79 Å². The third-order valence-corrected chi connectivity index (χ3v) is 5.08. The lowest BCUT2D eigenvalue weighted by Crippen LogP contribution is -2.29. The summed E-state index contributed by atoms with van der Waals surface area (Å²) >= 11 is 5.46. The van der Waals surface area contributed by atoms with Gasteiger partial charge in [-0.1, -0.05) is 28.1 Å². The van der Waals surface area contributed by atoms with Gasteiger partial charge in [0.1, 0.15) is 0 Å². The molecule has 2 nitrogen and oxygen atoms in total. The minimum Gasteiger partial charge on any atom is -0.350 e. The monoisotopic (exact) mass is 341 g/mol. The van der Waals surface area contributed by atoms with Crippen LogP contribution >= 0.6 is 27.7 Å². The lowest BCUT2D eigenvalue weighted by Gasteiger charge is -2.22. The van der Waals surface area contributed by atoms with E-state index in [-0.39, 0.29) is 11.9 Å². The molecule has 1 aromatic rings. The van der Waals surface area contributed by atoms with Gasteiger partial charge in [-0.2, -0.15) is 11.8 Å². The first-order chi connectivity index (χ1) is 9.15. The molecule has 19 heavy (non-hydrogen) atoms. The Bertz CT molecular complexity index is 432. The van der Waals surface area contributed by atoms with E-state index in [4.69, 9.17) is 0 Å². The van der Waals surface area contributed by atoms with Gasteiger partial charge in [0.2, 0.25) is 5.91 Å². The third-order valence-electron chi connectivity index (χ3n) is 3.54. The first-order valence-corrected chi connectivity index (χ1v) is 8.72. The van der Waals surface area contributed by atoms with Crippen molar-refractivity contribution < 1.29 is 4.79 Å². The number of rotatable bonds is 4. The Morgan fingerprint density at radius 1 is 1.47 bits per heavy atom. The minimum absolute atomic E-state index is 0.0722. The van der Waals surface area contributed by atoms with E-state index >= 15 is 0 Å². The van der Waals surface area contributed by atoms with Crippen molar-refractivity contribution in [2.75, 3.05) is 11.5 Å². The quantitative estimate of drug-likeness (QED) is 0.890. The number of carbonyl (C=O) groups is 1. The average Bonchev–Trinajstić information content (AvgIpc) is 2.39. The number of carbonyl (C=O) groups excluding carboxylic acids is 1. The molecule has 1 N–H and O–H groups in total.